The molecule has 0 atom stereocenters. The maximum absolute atomic E-state index is 11.4. The van der Waals surface area contributed by atoms with E-state index in [2.05, 4.69) is 72.4 Å². The minimum Gasteiger partial charge on any atom is -0.344 e. The fourth-order valence-corrected chi connectivity index (χ4v) is 4.14. The van der Waals surface area contributed by atoms with E-state index >= 15 is 0 Å². The Morgan fingerprint density at radius 3 is 1.56 bits per heavy atom. The van der Waals surface area contributed by atoms with Crippen LogP contribution in [0.2, 0.25) is 0 Å². The minimum atomic E-state index is -5.84. The van der Waals surface area contributed by atoms with Gasteiger partial charge < -0.3 is 9.80 Å². The number of rotatable bonds is 5. The van der Waals surface area contributed by atoms with E-state index in [0.29, 0.717) is 5.75 Å². The summed E-state index contributed by atoms with van der Waals surface area (Å²) in [6.07, 6.45) is 0. The smallest absolute Gasteiger partial charge is 0.344 e. The highest BCUT2D eigenvalue weighted by atomic mass is 32.2. The first-order valence-electron chi connectivity index (χ1n) is 9.30. The number of alkyl halides is 3. The Balaban J connectivity index is 0.000000390. The molecule has 0 unspecified atom stereocenters. The number of hydrogen-bond donors (Lipinski definition) is 1. The van der Waals surface area contributed by atoms with Crippen LogP contribution in [-0.4, -0.2) is 59.4 Å². The summed E-state index contributed by atoms with van der Waals surface area (Å²) in [6, 6.07) is 20.9. The molecule has 6 nitrogen and oxygen atoms in total. The lowest BCUT2D eigenvalue weighted by Gasteiger charge is -2.29. The van der Waals surface area contributed by atoms with E-state index < -0.39 is 15.6 Å². The van der Waals surface area contributed by atoms with Crippen molar-refractivity contribution in [2.45, 2.75) is 17.9 Å². The highest BCUT2D eigenvalue weighted by Crippen LogP contribution is 2.42. The van der Waals surface area contributed by atoms with Gasteiger partial charge in [0.15, 0.2) is 5.50 Å². The average Bonchev–Trinajstić information content (AvgIpc) is 2.96. The fraction of sp³-hybridized carbons (Fsp3) is 0.286. The molecule has 2 aromatic carbocycles. The van der Waals surface area contributed by atoms with Gasteiger partial charge in [-0.15, -0.1) is 11.8 Å². The van der Waals surface area contributed by atoms with Crippen molar-refractivity contribution in [2.24, 2.45) is 0 Å². The van der Waals surface area contributed by atoms with Crippen LogP contribution < -0.4 is 0 Å². The molecule has 3 rings (SSSR count). The third-order valence-electron chi connectivity index (χ3n) is 4.41. The van der Waals surface area contributed by atoms with Gasteiger partial charge >= 0.3 is 15.6 Å². The van der Waals surface area contributed by atoms with E-state index in [9.17, 15) is 18.0 Å². The number of ketones is 1. The zero-order chi connectivity index (χ0) is 24.1. The third kappa shape index (κ3) is 6.27. The largest absolute Gasteiger partial charge is 0.522 e. The second-order valence-corrected chi connectivity index (χ2v) is 9.37. The summed E-state index contributed by atoms with van der Waals surface area (Å²) in [4.78, 5) is 16.0. The van der Waals surface area contributed by atoms with Gasteiger partial charge in [0.25, 0.3) is 0 Å². The van der Waals surface area contributed by atoms with Gasteiger partial charge in [0.1, 0.15) is 5.78 Å². The summed E-state index contributed by atoms with van der Waals surface area (Å²) in [7, 11) is -1.63. The molecule has 0 spiro atoms. The molecular formula is C21H23F3N2O4S2. The van der Waals surface area contributed by atoms with Crippen molar-refractivity contribution < 1.29 is 30.9 Å². The monoisotopic (exact) mass is 488 g/mol. The first-order chi connectivity index (χ1) is 14.8. The number of carbonyl (C=O) groups excluding carboxylic acids is 1. The van der Waals surface area contributed by atoms with Crippen LogP contribution in [0.1, 0.15) is 18.1 Å². The molecule has 2 aromatic rings. The lowest BCUT2D eigenvalue weighted by atomic mass is 10.1. The normalized spacial score (nSPS) is 15.0. The van der Waals surface area contributed by atoms with Crippen LogP contribution in [0.5, 0.6) is 0 Å². The molecule has 1 aliphatic rings. The van der Waals surface area contributed by atoms with Gasteiger partial charge in [-0.3, -0.25) is 9.35 Å². The zero-order valence-electron chi connectivity index (χ0n) is 17.6. The molecule has 0 bridgehead atoms. The lowest BCUT2D eigenvalue weighted by molar-refractivity contribution is -0.114. The molecule has 1 N–H and O–H groups in total. The van der Waals surface area contributed by atoms with Gasteiger partial charge in [-0.25, -0.2) is 0 Å². The van der Waals surface area contributed by atoms with Crippen molar-refractivity contribution in [3.63, 3.8) is 0 Å². The lowest BCUT2D eigenvalue weighted by Crippen LogP contribution is -2.33. The number of nitrogens with zero attached hydrogens (tertiary/aromatic N) is 2. The van der Waals surface area contributed by atoms with E-state index in [1.54, 1.807) is 18.7 Å². The summed E-state index contributed by atoms with van der Waals surface area (Å²) in [5.41, 5.74) is -0.643. The first kappa shape index (κ1) is 25.8. The standard InChI is InChI=1S/C20H22N2OS.CHF3O3S/c1-15(23)14-24-20-21(2)18(16-10-6-4-7-11-16)19(22(20)3)17-12-8-5-9-13-17;2-1(3,4)8(5,6)7/h4-13,20H,14H2,1-3H3;(H,5,6,7). The zero-order valence-corrected chi connectivity index (χ0v) is 19.2. The predicted octanol–water partition coefficient (Wildman–Crippen LogP) is 4.39. The van der Waals surface area contributed by atoms with Crippen molar-refractivity contribution in [1.82, 2.24) is 9.80 Å². The topological polar surface area (TPSA) is 77.9 Å². The molecule has 0 aromatic heterocycles. The SMILES string of the molecule is CC(=O)CSC1N(C)C(c2ccccc2)=C(c2ccccc2)N1C.O=S(=O)(O)C(F)(F)F. The van der Waals surface area contributed by atoms with Crippen LogP contribution in [0.3, 0.4) is 0 Å². The Morgan fingerprint density at radius 2 is 1.28 bits per heavy atom. The average molecular weight is 489 g/mol. The molecular weight excluding hydrogens is 465 g/mol. The summed E-state index contributed by atoms with van der Waals surface area (Å²) < 4.78 is 57.5. The van der Waals surface area contributed by atoms with E-state index in [4.69, 9.17) is 13.0 Å². The molecule has 0 saturated carbocycles. The molecule has 1 aliphatic heterocycles. The Hall–Kier alpha value is -2.50. The van der Waals surface area contributed by atoms with Crippen LogP contribution in [-0.2, 0) is 14.9 Å². The van der Waals surface area contributed by atoms with Gasteiger partial charge in [-0.05, 0) is 6.92 Å². The summed E-state index contributed by atoms with van der Waals surface area (Å²) in [5, 5.41) is 0. The summed E-state index contributed by atoms with van der Waals surface area (Å²) >= 11 is 1.67. The second-order valence-electron chi connectivity index (χ2n) is 6.91. The van der Waals surface area contributed by atoms with Gasteiger partial charge in [0, 0.05) is 25.2 Å². The highest BCUT2D eigenvalue weighted by Gasteiger charge is 2.44. The van der Waals surface area contributed by atoms with Crippen molar-refractivity contribution in [2.75, 3.05) is 19.8 Å². The van der Waals surface area contributed by atoms with E-state index in [-0.39, 0.29) is 11.3 Å². The van der Waals surface area contributed by atoms with Gasteiger partial charge in [-0.2, -0.15) is 21.6 Å². The molecule has 0 aliphatic carbocycles. The van der Waals surface area contributed by atoms with Crippen LogP contribution in [0.25, 0.3) is 11.4 Å². The number of thioether (sulfide) groups is 1. The first-order valence-corrected chi connectivity index (χ1v) is 11.8. The fourth-order valence-electron chi connectivity index (χ4n) is 3.10. The molecule has 32 heavy (non-hydrogen) atoms. The van der Waals surface area contributed by atoms with Crippen molar-refractivity contribution in [1.29, 1.82) is 0 Å². The van der Waals surface area contributed by atoms with Crippen LogP contribution >= 0.6 is 11.8 Å². The van der Waals surface area contributed by atoms with Crippen LogP contribution in [0.15, 0.2) is 60.7 Å². The van der Waals surface area contributed by atoms with Crippen molar-refractivity contribution in [3.05, 3.63) is 71.8 Å². The van der Waals surface area contributed by atoms with E-state index in [1.165, 1.54) is 22.5 Å². The van der Waals surface area contributed by atoms with E-state index in [0.717, 1.165) is 0 Å². The maximum Gasteiger partial charge on any atom is 0.522 e. The Bertz CT molecular complexity index is 1000. The van der Waals surface area contributed by atoms with Crippen molar-refractivity contribution in [3.8, 4) is 0 Å². The number of carbonyl (C=O) groups is 1. The quantitative estimate of drug-likeness (QED) is 0.494. The number of halogens is 3. The molecule has 174 valence electrons. The van der Waals surface area contributed by atoms with Gasteiger partial charge in [0.2, 0.25) is 0 Å². The van der Waals surface area contributed by atoms with Crippen LogP contribution in [0.4, 0.5) is 13.2 Å². The second kappa shape index (κ2) is 10.4. The molecule has 0 amide bonds. The Labute approximate surface area is 189 Å². The summed E-state index contributed by atoms with van der Waals surface area (Å²) in [5.74, 6) is 0.722. The number of hydrogen-bond acceptors (Lipinski definition) is 6. The van der Waals surface area contributed by atoms with Crippen molar-refractivity contribution >= 4 is 39.1 Å². The van der Waals surface area contributed by atoms with E-state index in [1.807, 2.05) is 12.1 Å². The Kier molecular flexibility index (Phi) is 8.38. The molecule has 11 heteroatoms. The van der Waals surface area contributed by atoms with Gasteiger partial charge in [0.05, 0.1) is 17.1 Å². The number of Topliss-reactive ketones (excluding diaryl/α,β-unsaturated/α-hetero) is 1. The molecule has 0 saturated heterocycles. The summed E-state index contributed by atoms with van der Waals surface area (Å²) in [6.45, 7) is 1.64. The molecule has 0 fully saturated rings. The highest BCUT2D eigenvalue weighted by molar-refractivity contribution is 8.00. The van der Waals surface area contributed by atoms with Gasteiger partial charge in [-0.1, -0.05) is 60.7 Å². The molecule has 0 radical (unpaired) electrons. The predicted molar refractivity (Wildman–Crippen MR) is 120 cm³/mol. The minimum absolute atomic E-state index is 0.110. The molecule has 1 heterocycles. The third-order valence-corrected chi connectivity index (χ3v) is 6.50. The Morgan fingerprint density at radius 1 is 0.938 bits per heavy atom. The van der Waals surface area contributed by atoms with Crippen LogP contribution in [0, 0.1) is 0 Å². The number of benzene rings is 2. The maximum atomic E-state index is 11.4.